The van der Waals surface area contributed by atoms with Gasteiger partial charge in [-0.05, 0) is 30.7 Å². The zero-order valence-corrected chi connectivity index (χ0v) is 12.9. The van der Waals surface area contributed by atoms with Crippen LogP contribution in [0.2, 0.25) is 0 Å². The largest absolute Gasteiger partial charge is 0.481 e. The minimum atomic E-state index is -0.789. The minimum Gasteiger partial charge on any atom is -0.481 e. The van der Waals surface area contributed by atoms with Gasteiger partial charge in [0.25, 0.3) is 5.91 Å². The summed E-state index contributed by atoms with van der Waals surface area (Å²) in [6.07, 6.45) is 0.152. The molecule has 3 N–H and O–H groups in total. The van der Waals surface area contributed by atoms with Crippen LogP contribution >= 0.6 is 11.8 Å². The normalized spacial score (nSPS) is 10.4. The fourth-order valence-corrected chi connectivity index (χ4v) is 2.70. The molecule has 0 aliphatic heterocycles. The van der Waals surface area contributed by atoms with Gasteiger partial charge in [0.1, 0.15) is 0 Å². The second-order valence-corrected chi connectivity index (χ2v) is 5.89. The van der Waals surface area contributed by atoms with Gasteiger partial charge in [-0.2, -0.15) is 16.9 Å². The minimum absolute atomic E-state index is 0.152. The number of aryl methyl sites for hydroxylation is 1. The van der Waals surface area contributed by atoms with Crippen LogP contribution in [-0.4, -0.2) is 32.9 Å². The maximum atomic E-state index is 12.0. The van der Waals surface area contributed by atoms with Crippen molar-refractivity contribution in [3.63, 3.8) is 0 Å². The van der Waals surface area contributed by atoms with Crippen LogP contribution in [0.3, 0.4) is 0 Å². The number of anilines is 1. The molecule has 1 heterocycles. The van der Waals surface area contributed by atoms with Crippen LogP contribution in [0.1, 0.15) is 28.2 Å². The second kappa shape index (κ2) is 7.65. The Kier molecular flexibility index (Phi) is 5.60. The summed E-state index contributed by atoms with van der Waals surface area (Å²) in [5.41, 5.74) is 2.90. The van der Waals surface area contributed by atoms with Gasteiger partial charge in [0.2, 0.25) is 0 Å². The van der Waals surface area contributed by atoms with Crippen molar-refractivity contribution in [2.75, 3.05) is 11.1 Å². The van der Waals surface area contributed by atoms with Gasteiger partial charge in [-0.15, -0.1) is 0 Å². The van der Waals surface area contributed by atoms with E-state index in [9.17, 15) is 9.59 Å². The molecule has 6 nitrogen and oxygen atoms in total. The Morgan fingerprint density at radius 3 is 2.86 bits per heavy atom. The third kappa shape index (κ3) is 4.92. The number of carbonyl (C=O) groups is 2. The topological polar surface area (TPSA) is 95.1 Å². The summed E-state index contributed by atoms with van der Waals surface area (Å²) in [5.74, 6) is 0.222. The van der Waals surface area contributed by atoms with E-state index in [1.54, 1.807) is 17.8 Å². The molecule has 0 radical (unpaired) electrons. The number of nitrogens with one attached hydrogen (secondary N) is 2. The van der Waals surface area contributed by atoms with Crippen molar-refractivity contribution in [3.8, 4) is 0 Å². The van der Waals surface area contributed by atoms with Crippen LogP contribution in [0.5, 0.6) is 0 Å². The first kappa shape index (κ1) is 16.1. The summed E-state index contributed by atoms with van der Waals surface area (Å²) in [6.45, 7) is 1.83. The van der Waals surface area contributed by atoms with Gasteiger partial charge in [-0.1, -0.05) is 12.1 Å². The standard InChI is InChI=1S/C15H17N3O3S/c1-10-7-13(18-17-10)15(21)16-12-4-2-3-11(8-12)9-22-6-5-14(19)20/h2-4,7-8H,5-6,9H2,1H3,(H,16,21)(H,17,18)(H,19,20). The van der Waals surface area contributed by atoms with Crippen molar-refractivity contribution in [1.29, 1.82) is 0 Å². The number of rotatable bonds is 7. The lowest BCUT2D eigenvalue weighted by molar-refractivity contribution is -0.136. The number of thioether (sulfide) groups is 1. The van der Waals surface area contributed by atoms with E-state index in [1.807, 2.05) is 31.2 Å². The number of carboxylic acid groups (broad SMARTS) is 1. The first-order valence-electron chi connectivity index (χ1n) is 6.76. The fraction of sp³-hybridized carbons (Fsp3) is 0.267. The number of hydrogen-bond donors (Lipinski definition) is 3. The lowest BCUT2D eigenvalue weighted by Crippen LogP contribution is -2.12. The van der Waals surface area contributed by atoms with E-state index in [1.165, 1.54) is 0 Å². The molecule has 0 unspecified atom stereocenters. The Bertz CT molecular complexity index is 670. The molecule has 2 aromatic rings. The molecule has 0 atom stereocenters. The molecule has 2 rings (SSSR count). The number of hydrogen-bond acceptors (Lipinski definition) is 4. The van der Waals surface area contributed by atoms with Gasteiger partial charge >= 0.3 is 5.97 Å². The molecule has 0 aliphatic carbocycles. The maximum Gasteiger partial charge on any atom is 0.304 e. The van der Waals surface area contributed by atoms with E-state index in [-0.39, 0.29) is 12.3 Å². The number of aromatic amines is 1. The fourth-order valence-electron chi connectivity index (χ4n) is 1.82. The average Bonchev–Trinajstić information content (AvgIpc) is 2.91. The quantitative estimate of drug-likeness (QED) is 0.682. The lowest BCUT2D eigenvalue weighted by atomic mass is 10.2. The predicted octanol–water partition coefficient (Wildman–Crippen LogP) is 2.68. The van der Waals surface area contributed by atoms with Crippen LogP contribution in [0, 0.1) is 6.92 Å². The zero-order valence-electron chi connectivity index (χ0n) is 12.1. The highest BCUT2D eigenvalue weighted by molar-refractivity contribution is 7.98. The van der Waals surface area contributed by atoms with Gasteiger partial charge in [-0.3, -0.25) is 14.7 Å². The van der Waals surface area contributed by atoms with Crippen LogP contribution in [0.4, 0.5) is 5.69 Å². The van der Waals surface area contributed by atoms with Gasteiger partial charge in [0.15, 0.2) is 5.69 Å². The number of aromatic nitrogens is 2. The van der Waals surface area contributed by atoms with Crippen molar-refractivity contribution < 1.29 is 14.7 Å². The molecule has 1 amide bonds. The van der Waals surface area contributed by atoms with Gasteiger partial charge in [0.05, 0.1) is 6.42 Å². The maximum absolute atomic E-state index is 12.0. The third-order valence-electron chi connectivity index (χ3n) is 2.85. The molecular formula is C15H17N3O3S. The van der Waals surface area contributed by atoms with E-state index < -0.39 is 5.97 Å². The van der Waals surface area contributed by atoms with Gasteiger partial charge in [-0.25, -0.2) is 0 Å². The van der Waals surface area contributed by atoms with Gasteiger partial charge in [0, 0.05) is 22.9 Å². The molecular weight excluding hydrogens is 302 g/mol. The number of carboxylic acids is 1. The Morgan fingerprint density at radius 2 is 2.18 bits per heavy atom. The highest BCUT2D eigenvalue weighted by Crippen LogP contribution is 2.17. The predicted molar refractivity (Wildman–Crippen MR) is 86.1 cm³/mol. The Morgan fingerprint density at radius 1 is 1.36 bits per heavy atom. The molecule has 7 heteroatoms. The van der Waals surface area contributed by atoms with E-state index >= 15 is 0 Å². The summed E-state index contributed by atoms with van der Waals surface area (Å²) < 4.78 is 0. The molecule has 22 heavy (non-hydrogen) atoms. The molecule has 0 saturated carbocycles. The number of H-pyrrole nitrogens is 1. The molecule has 0 bridgehead atoms. The zero-order chi connectivity index (χ0) is 15.9. The molecule has 1 aromatic carbocycles. The molecule has 116 valence electrons. The Balaban J connectivity index is 1.90. The van der Waals surface area contributed by atoms with Crippen molar-refractivity contribution in [2.45, 2.75) is 19.1 Å². The smallest absolute Gasteiger partial charge is 0.304 e. The van der Waals surface area contributed by atoms with Crippen LogP contribution in [-0.2, 0) is 10.5 Å². The van der Waals surface area contributed by atoms with Gasteiger partial charge < -0.3 is 10.4 Å². The highest BCUT2D eigenvalue weighted by Gasteiger charge is 2.09. The number of amides is 1. The Hall–Kier alpha value is -2.28. The molecule has 0 saturated heterocycles. The van der Waals surface area contributed by atoms with Crippen molar-refractivity contribution in [1.82, 2.24) is 10.2 Å². The molecule has 0 spiro atoms. The van der Waals surface area contributed by atoms with Crippen LogP contribution in [0.25, 0.3) is 0 Å². The average molecular weight is 319 g/mol. The van der Waals surface area contributed by atoms with Crippen molar-refractivity contribution in [3.05, 3.63) is 47.3 Å². The van der Waals surface area contributed by atoms with Crippen molar-refractivity contribution in [2.24, 2.45) is 0 Å². The Labute approximate surface area is 132 Å². The van der Waals surface area contributed by atoms with Crippen LogP contribution < -0.4 is 5.32 Å². The van der Waals surface area contributed by atoms with E-state index in [0.717, 1.165) is 11.3 Å². The third-order valence-corrected chi connectivity index (χ3v) is 3.88. The summed E-state index contributed by atoms with van der Waals surface area (Å²) in [6, 6.07) is 9.18. The summed E-state index contributed by atoms with van der Waals surface area (Å²) in [5, 5.41) is 18.0. The molecule has 0 fully saturated rings. The summed E-state index contributed by atoms with van der Waals surface area (Å²) >= 11 is 1.55. The summed E-state index contributed by atoms with van der Waals surface area (Å²) in [7, 11) is 0. The number of benzene rings is 1. The highest BCUT2D eigenvalue weighted by atomic mass is 32.2. The monoisotopic (exact) mass is 319 g/mol. The van der Waals surface area contributed by atoms with E-state index in [2.05, 4.69) is 15.5 Å². The van der Waals surface area contributed by atoms with E-state index in [0.29, 0.717) is 22.9 Å². The first-order valence-corrected chi connectivity index (χ1v) is 7.92. The first-order chi connectivity index (χ1) is 10.5. The molecule has 0 aliphatic rings. The number of aliphatic carboxylic acids is 1. The number of carbonyl (C=O) groups excluding carboxylic acids is 1. The summed E-state index contributed by atoms with van der Waals surface area (Å²) in [4.78, 5) is 22.5. The molecule has 1 aromatic heterocycles. The SMILES string of the molecule is Cc1cc(C(=O)Nc2cccc(CSCCC(=O)O)c2)n[nH]1. The number of nitrogens with zero attached hydrogens (tertiary/aromatic N) is 1. The van der Waals surface area contributed by atoms with E-state index in [4.69, 9.17) is 5.11 Å². The second-order valence-electron chi connectivity index (χ2n) is 4.79. The lowest BCUT2D eigenvalue weighted by Gasteiger charge is -2.06. The van der Waals surface area contributed by atoms with Crippen LogP contribution in [0.15, 0.2) is 30.3 Å². The van der Waals surface area contributed by atoms with Crippen molar-refractivity contribution >= 4 is 29.3 Å².